The maximum absolute atomic E-state index is 10.8. The van der Waals surface area contributed by atoms with Crippen LogP contribution in [0.4, 0.5) is 0 Å². The fourth-order valence-electron chi connectivity index (χ4n) is 0.684. The van der Waals surface area contributed by atoms with Gasteiger partial charge in [-0.2, -0.15) is 11.8 Å². The van der Waals surface area contributed by atoms with Crippen LogP contribution < -0.4 is 5.73 Å². The smallest absolute Gasteiger partial charge is 0.323 e. The van der Waals surface area contributed by atoms with E-state index in [2.05, 4.69) is 4.74 Å². The van der Waals surface area contributed by atoms with Crippen molar-refractivity contribution >= 4 is 17.7 Å². The highest BCUT2D eigenvalue weighted by Gasteiger charge is 2.12. The topological polar surface area (TPSA) is 72.5 Å². The van der Waals surface area contributed by atoms with E-state index in [0.717, 1.165) is 12.2 Å². The Kier molecular flexibility index (Phi) is 7.03. The summed E-state index contributed by atoms with van der Waals surface area (Å²) < 4.78 is 4.46. The van der Waals surface area contributed by atoms with Crippen molar-refractivity contribution in [3.63, 3.8) is 0 Å². The number of rotatable bonds is 6. The second-order valence-electron chi connectivity index (χ2n) is 2.84. The molecule has 0 saturated carbocycles. The van der Waals surface area contributed by atoms with Crippen LogP contribution in [0.15, 0.2) is 0 Å². The van der Waals surface area contributed by atoms with Crippen molar-refractivity contribution in [2.45, 2.75) is 25.5 Å². The number of carbonyl (C=O) groups excluding carboxylic acids is 1. The predicted octanol–water partition coefficient (Wildman–Crippen LogP) is -0.00920. The van der Waals surface area contributed by atoms with Crippen LogP contribution in [0.25, 0.3) is 0 Å². The lowest BCUT2D eigenvalue weighted by molar-refractivity contribution is -0.141. The van der Waals surface area contributed by atoms with Gasteiger partial charge in [-0.3, -0.25) is 4.79 Å². The third-order valence-electron chi connectivity index (χ3n) is 1.48. The molecule has 0 aliphatic heterocycles. The Labute approximate surface area is 82.8 Å². The Morgan fingerprint density at radius 3 is 2.77 bits per heavy atom. The summed E-state index contributed by atoms with van der Waals surface area (Å²) in [5.41, 5.74) is 5.49. The van der Waals surface area contributed by atoms with Gasteiger partial charge >= 0.3 is 5.97 Å². The fourth-order valence-corrected chi connectivity index (χ4v) is 1.75. The average molecular weight is 207 g/mol. The molecular weight excluding hydrogens is 190 g/mol. The summed E-state index contributed by atoms with van der Waals surface area (Å²) in [5.74, 6) is 0.964. The van der Waals surface area contributed by atoms with Gasteiger partial charge in [-0.15, -0.1) is 0 Å². The molecule has 0 aliphatic carbocycles. The third-order valence-corrected chi connectivity index (χ3v) is 2.60. The molecule has 2 atom stereocenters. The summed E-state index contributed by atoms with van der Waals surface area (Å²) in [5, 5.41) is 8.94. The predicted molar refractivity (Wildman–Crippen MR) is 53.6 cm³/mol. The van der Waals surface area contributed by atoms with Crippen molar-refractivity contribution in [2.75, 3.05) is 18.6 Å². The zero-order chi connectivity index (χ0) is 10.3. The van der Waals surface area contributed by atoms with Gasteiger partial charge in [0.25, 0.3) is 0 Å². The lowest BCUT2D eigenvalue weighted by Crippen LogP contribution is -2.34. The van der Waals surface area contributed by atoms with Crippen LogP contribution in [0.2, 0.25) is 0 Å². The van der Waals surface area contributed by atoms with Crippen molar-refractivity contribution in [3.8, 4) is 0 Å². The highest BCUT2D eigenvalue weighted by Crippen LogP contribution is 2.06. The second-order valence-corrected chi connectivity index (χ2v) is 3.99. The van der Waals surface area contributed by atoms with Gasteiger partial charge in [0.15, 0.2) is 0 Å². The molecule has 78 valence electrons. The first-order valence-corrected chi connectivity index (χ1v) is 5.32. The third kappa shape index (κ3) is 6.86. The zero-order valence-electron chi connectivity index (χ0n) is 8.03. The Balaban J connectivity index is 3.37. The van der Waals surface area contributed by atoms with Gasteiger partial charge in [0.1, 0.15) is 6.04 Å². The molecule has 0 radical (unpaired) electrons. The molecule has 0 heterocycles. The first-order valence-electron chi connectivity index (χ1n) is 4.17. The van der Waals surface area contributed by atoms with Crippen LogP contribution >= 0.6 is 11.8 Å². The number of hydrogen-bond donors (Lipinski definition) is 2. The first-order chi connectivity index (χ1) is 6.07. The van der Waals surface area contributed by atoms with E-state index in [4.69, 9.17) is 10.8 Å². The molecule has 0 aromatic rings. The van der Waals surface area contributed by atoms with Gasteiger partial charge in [0.05, 0.1) is 13.2 Å². The molecule has 0 aromatic carbocycles. The van der Waals surface area contributed by atoms with E-state index >= 15 is 0 Å². The standard InChI is InChI=1S/C8H17NO3S/c1-6(10)3-4-13-5-7(9)8(11)12-2/h6-7,10H,3-5,9H2,1-2H3. The van der Waals surface area contributed by atoms with Crippen molar-refractivity contribution in [2.24, 2.45) is 5.73 Å². The number of carbonyl (C=O) groups is 1. The largest absolute Gasteiger partial charge is 0.468 e. The molecule has 4 nitrogen and oxygen atoms in total. The second kappa shape index (κ2) is 7.17. The monoisotopic (exact) mass is 207 g/mol. The molecular formula is C8H17NO3S. The molecule has 0 amide bonds. The van der Waals surface area contributed by atoms with Gasteiger partial charge in [-0.1, -0.05) is 0 Å². The van der Waals surface area contributed by atoms with Crippen LogP contribution in [0.5, 0.6) is 0 Å². The molecule has 5 heteroatoms. The Hall–Kier alpha value is -0.260. The summed E-state index contributed by atoms with van der Waals surface area (Å²) in [4.78, 5) is 10.8. The number of esters is 1. The van der Waals surface area contributed by atoms with E-state index in [1.165, 1.54) is 7.11 Å². The Bertz CT molecular complexity index is 152. The Morgan fingerprint density at radius 2 is 2.31 bits per heavy atom. The van der Waals surface area contributed by atoms with Crippen molar-refractivity contribution in [3.05, 3.63) is 0 Å². The molecule has 0 spiro atoms. The molecule has 0 bridgehead atoms. The molecule has 0 saturated heterocycles. The van der Waals surface area contributed by atoms with Crippen LogP contribution in [0.1, 0.15) is 13.3 Å². The minimum Gasteiger partial charge on any atom is -0.468 e. The lowest BCUT2D eigenvalue weighted by Gasteiger charge is -2.08. The van der Waals surface area contributed by atoms with E-state index in [9.17, 15) is 4.79 Å². The van der Waals surface area contributed by atoms with Crippen molar-refractivity contribution < 1.29 is 14.6 Å². The lowest BCUT2D eigenvalue weighted by atomic mass is 10.3. The number of nitrogens with two attached hydrogens (primary N) is 1. The summed E-state index contributed by atoms with van der Waals surface area (Å²) in [7, 11) is 1.32. The summed E-state index contributed by atoms with van der Waals surface area (Å²) >= 11 is 1.55. The van der Waals surface area contributed by atoms with Crippen molar-refractivity contribution in [1.29, 1.82) is 0 Å². The van der Waals surface area contributed by atoms with E-state index < -0.39 is 6.04 Å². The minimum atomic E-state index is -0.552. The number of hydrogen-bond acceptors (Lipinski definition) is 5. The van der Waals surface area contributed by atoms with E-state index in [0.29, 0.717) is 5.75 Å². The fraction of sp³-hybridized carbons (Fsp3) is 0.875. The normalized spacial score (nSPS) is 15.1. The van der Waals surface area contributed by atoms with E-state index in [-0.39, 0.29) is 12.1 Å². The molecule has 13 heavy (non-hydrogen) atoms. The number of thioether (sulfide) groups is 1. The highest BCUT2D eigenvalue weighted by atomic mass is 32.2. The SMILES string of the molecule is COC(=O)C(N)CSCCC(C)O. The van der Waals surface area contributed by atoms with Crippen LogP contribution in [-0.4, -0.2) is 41.8 Å². The quantitative estimate of drug-likeness (QED) is 0.473. The molecule has 0 aliphatic rings. The van der Waals surface area contributed by atoms with Gasteiger partial charge in [-0.05, 0) is 19.1 Å². The first kappa shape index (κ1) is 12.7. The van der Waals surface area contributed by atoms with Crippen LogP contribution in [0.3, 0.4) is 0 Å². The maximum Gasteiger partial charge on any atom is 0.323 e. The van der Waals surface area contributed by atoms with Gasteiger partial charge < -0.3 is 15.6 Å². The summed E-state index contributed by atoms with van der Waals surface area (Å²) in [6.07, 6.45) is 0.431. The minimum absolute atomic E-state index is 0.290. The molecule has 2 unspecified atom stereocenters. The number of aliphatic hydroxyl groups excluding tert-OH is 1. The molecule has 0 aromatic heterocycles. The highest BCUT2D eigenvalue weighted by molar-refractivity contribution is 7.99. The average Bonchev–Trinajstić information content (AvgIpc) is 2.10. The van der Waals surface area contributed by atoms with Crippen molar-refractivity contribution in [1.82, 2.24) is 0 Å². The van der Waals surface area contributed by atoms with Crippen LogP contribution in [-0.2, 0) is 9.53 Å². The summed E-state index contributed by atoms with van der Waals surface area (Å²) in [6.45, 7) is 1.74. The Morgan fingerprint density at radius 1 is 1.69 bits per heavy atom. The molecule has 0 fully saturated rings. The number of ether oxygens (including phenoxy) is 1. The summed E-state index contributed by atoms with van der Waals surface area (Å²) in [6, 6.07) is -0.552. The van der Waals surface area contributed by atoms with Gasteiger partial charge in [0.2, 0.25) is 0 Å². The zero-order valence-corrected chi connectivity index (χ0v) is 8.84. The van der Waals surface area contributed by atoms with E-state index in [1.807, 2.05) is 0 Å². The van der Waals surface area contributed by atoms with E-state index in [1.54, 1.807) is 18.7 Å². The molecule has 0 rings (SSSR count). The molecule has 3 N–H and O–H groups in total. The van der Waals surface area contributed by atoms with Crippen LogP contribution in [0, 0.1) is 0 Å². The number of aliphatic hydroxyl groups is 1. The maximum atomic E-state index is 10.8. The number of methoxy groups -OCH3 is 1. The van der Waals surface area contributed by atoms with Gasteiger partial charge in [0, 0.05) is 5.75 Å². The van der Waals surface area contributed by atoms with Gasteiger partial charge in [-0.25, -0.2) is 0 Å².